The van der Waals surface area contributed by atoms with Gasteiger partial charge in [-0.05, 0) is 36.8 Å². The highest BCUT2D eigenvalue weighted by Gasteiger charge is 2.15. The van der Waals surface area contributed by atoms with Crippen molar-refractivity contribution in [2.75, 3.05) is 5.32 Å². The summed E-state index contributed by atoms with van der Waals surface area (Å²) in [6, 6.07) is 10.6. The average Bonchev–Trinajstić information content (AvgIpc) is 3.04. The number of hydrogen-bond acceptors (Lipinski definition) is 5. The minimum absolute atomic E-state index is 0.194. The highest BCUT2D eigenvalue weighted by atomic mass is 35.5. The smallest absolute Gasteiger partial charge is 0.276 e. The highest BCUT2D eigenvalue weighted by Crippen LogP contribution is 2.31. The zero-order valence-electron chi connectivity index (χ0n) is 14.5. The van der Waals surface area contributed by atoms with E-state index in [0.29, 0.717) is 10.8 Å². The van der Waals surface area contributed by atoms with Gasteiger partial charge in [0.15, 0.2) is 5.69 Å². The molecule has 0 radical (unpaired) electrons. The van der Waals surface area contributed by atoms with E-state index < -0.39 is 10.8 Å². The molecule has 0 unspecified atom stereocenters. The van der Waals surface area contributed by atoms with Crippen LogP contribution in [-0.4, -0.2) is 20.6 Å². The Labute approximate surface area is 159 Å². The quantitative estimate of drug-likeness (QED) is 0.519. The van der Waals surface area contributed by atoms with Crippen molar-refractivity contribution in [3.63, 3.8) is 0 Å². The van der Waals surface area contributed by atoms with Crippen LogP contribution in [0.3, 0.4) is 0 Å². The van der Waals surface area contributed by atoms with Gasteiger partial charge in [-0.3, -0.25) is 19.6 Å². The molecule has 1 aromatic heterocycles. The predicted octanol–water partition coefficient (Wildman–Crippen LogP) is 4.33. The summed E-state index contributed by atoms with van der Waals surface area (Å²) in [5.41, 5.74) is 1.01. The maximum atomic E-state index is 12.2. The molecule has 138 valence electrons. The molecule has 9 heteroatoms. The maximum Gasteiger partial charge on any atom is 0.276 e. The molecule has 3 rings (SSSR count). The fourth-order valence-corrected chi connectivity index (χ4v) is 2.49. The second-order valence-electron chi connectivity index (χ2n) is 5.81. The van der Waals surface area contributed by atoms with Crippen molar-refractivity contribution in [3.05, 3.63) is 75.1 Å². The Kier molecular flexibility index (Phi) is 5.09. The molecule has 0 aliphatic rings. The van der Waals surface area contributed by atoms with Crippen molar-refractivity contribution in [3.8, 4) is 11.5 Å². The Morgan fingerprint density at radius 2 is 2.00 bits per heavy atom. The number of anilines is 1. The van der Waals surface area contributed by atoms with Gasteiger partial charge in [-0.25, -0.2) is 0 Å². The molecule has 0 aliphatic carbocycles. The second kappa shape index (κ2) is 7.46. The van der Waals surface area contributed by atoms with Crippen LogP contribution >= 0.6 is 11.6 Å². The third-order valence-electron chi connectivity index (χ3n) is 3.67. The molecule has 1 amide bonds. The third-order valence-corrected chi connectivity index (χ3v) is 4.10. The maximum absolute atomic E-state index is 12.2. The summed E-state index contributed by atoms with van der Waals surface area (Å²) < 4.78 is 7.19. The van der Waals surface area contributed by atoms with Gasteiger partial charge in [0.2, 0.25) is 0 Å². The zero-order chi connectivity index (χ0) is 19.6. The standard InChI is InChI=1S/C18H15ClN4O4/c1-11-7-14(3-4-16(11)19)27-15-9-12(8-13(10-15)23(25)26)20-18(24)17-5-6-22(2)21-17/h3-10H,1-2H3,(H,20,24). The number of nitro benzene ring substituents is 1. The summed E-state index contributed by atoms with van der Waals surface area (Å²) in [4.78, 5) is 22.9. The van der Waals surface area contributed by atoms with Crippen molar-refractivity contribution in [2.24, 2.45) is 7.05 Å². The van der Waals surface area contributed by atoms with Gasteiger partial charge >= 0.3 is 0 Å². The van der Waals surface area contributed by atoms with E-state index in [9.17, 15) is 14.9 Å². The van der Waals surface area contributed by atoms with Crippen LogP contribution in [-0.2, 0) is 7.05 Å². The van der Waals surface area contributed by atoms with Crippen LogP contribution < -0.4 is 10.1 Å². The molecule has 3 aromatic rings. The Bertz CT molecular complexity index is 1030. The van der Waals surface area contributed by atoms with E-state index in [0.717, 1.165) is 5.56 Å². The molecule has 1 heterocycles. The molecule has 0 saturated heterocycles. The number of nitrogens with zero attached hydrogens (tertiary/aromatic N) is 3. The van der Waals surface area contributed by atoms with Crippen LogP contribution in [0.1, 0.15) is 16.1 Å². The lowest BCUT2D eigenvalue weighted by Gasteiger charge is -2.10. The molecule has 8 nitrogen and oxygen atoms in total. The SMILES string of the molecule is Cc1cc(Oc2cc(NC(=O)c3ccn(C)n3)cc([N+](=O)[O-])c2)ccc1Cl. The number of non-ortho nitro benzene ring substituents is 1. The predicted molar refractivity (Wildman–Crippen MR) is 101 cm³/mol. The Morgan fingerprint density at radius 3 is 2.63 bits per heavy atom. The second-order valence-corrected chi connectivity index (χ2v) is 6.22. The van der Waals surface area contributed by atoms with Crippen molar-refractivity contribution in [1.82, 2.24) is 9.78 Å². The third kappa shape index (κ3) is 4.42. The Balaban J connectivity index is 1.89. The monoisotopic (exact) mass is 386 g/mol. The number of carbonyl (C=O) groups is 1. The number of aryl methyl sites for hydroxylation is 2. The molecule has 0 bridgehead atoms. The molecule has 0 fully saturated rings. The minimum atomic E-state index is -0.559. The first kappa shape index (κ1) is 18.4. The Morgan fingerprint density at radius 1 is 1.22 bits per heavy atom. The molecular weight excluding hydrogens is 372 g/mol. The molecule has 0 atom stereocenters. The van der Waals surface area contributed by atoms with Crippen LogP contribution in [0.25, 0.3) is 0 Å². The van der Waals surface area contributed by atoms with Crippen molar-refractivity contribution < 1.29 is 14.5 Å². The number of nitro groups is 1. The number of ether oxygens (including phenoxy) is 1. The lowest BCUT2D eigenvalue weighted by Crippen LogP contribution is -2.13. The van der Waals surface area contributed by atoms with Crippen LogP contribution in [0.4, 0.5) is 11.4 Å². The summed E-state index contributed by atoms with van der Waals surface area (Å²) in [5, 5.41) is 18.4. The topological polar surface area (TPSA) is 99.3 Å². The first-order valence-electron chi connectivity index (χ1n) is 7.86. The van der Waals surface area contributed by atoms with E-state index in [4.69, 9.17) is 16.3 Å². The van der Waals surface area contributed by atoms with E-state index in [-0.39, 0.29) is 22.8 Å². The molecular formula is C18H15ClN4O4. The van der Waals surface area contributed by atoms with Crippen molar-refractivity contribution >= 4 is 28.9 Å². The largest absolute Gasteiger partial charge is 0.457 e. The molecule has 0 aliphatic heterocycles. The minimum Gasteiger partial charge on any atom is -0.457 e. The van der Waals surface area contributed by atoms with E-state index in [1.165, 1.54) is 22.9 Å². The van der Waals surface area contributed by atoms with Crippen molar-refractivity contribution in [2.45, 2.75) is 6.92 Å². The van der Waals surface area contributed by atoms with Gasteiger partial charge < -0.3 is 10.1 Å². The van der Waals surface area contributed by atoms with Gasteiger partial charge in [0.25, 0.3) is 11.6 Å². The number of amides is 1. The van der Waals surface area contributed by atoms with Crippen LogP contribution in [0, 0.1) is 17.0 Å². The highest BCUT2D eigenvalue weighted by molar-refractivity contribution is 6.31. The summed E-state index contributed by atoms with van der Waals surface area (Å²) in [5.74, 6) is 0.200. The van der Waals surface area contributed by atoms with Gasteiger partial charge in [0.05, 0.1) is 16.7 Å². The fraction of sp³-hybridized carbons (Fsp3) is 0.111. The first-order valence-corrected chi connectivity index (χ1v) is 8.24. The number of halogens is 1. The number of hydrogen-bond donors (Lipinski definition) is 1. The van der Waals surface area contributed by atoms with Crippen LogP contribution in [0.15, 0.2) is 48.7 Å². The molecule has 27 heavy (non-hydrogen) atoms. The number of nitrogens with one attached hydrogen (secondary N) is 1. The average molecular weight is 387 g/mol. The van der Waals surface area contributed by atoms with Gasteiger partial charge in [-0.2, -0.15) is 5.10 Å². The van der Waals surface area contributed by atoms with Gasteiger partial charge in [-0.1, -0.05) is 11.6 Å². The molecule has 2 aromatic carbocycles. The molecule has 0 saturated carbocycles. The Hall–Kier alpha value is -3.39. The van der Waals surface area contributed by atoms with E-state index >= 15 is 0 Å². The first-order chi connectivity index (χ1) is 12.8. The van der Waals surface area contributed by atoms with Gasteiger partial charge in [0.1, 0.15) is 11.5 Å². The summed E-state index contributed by atoms with van der Waals surface area (Å²) >= 11 is 5.99. The lowest BCUT2D eigenvalue weighted by molar-refractivity contribution is -0.384. The number of carbonyl (C=O) groups excluding carboxylic acids is 1. The van der Waals surface area contributed by atoms with E-state index in [2.05, 4.69) is 10.4 Å². The van der Waals surface area contributed by atoms with Gasteiger partial charge in [0, 0.05) is 30.4 Å². The summed E-state index contributed by atoms with van der Waals surface area (Å²) in [6.07, 6.45) is 1.62. The number of aromatic nitrogens is 2. The van der Waals surface area contributed by atoms with Gasteiger partial charge in [-0.15, -0.1) is 0 Å². The lowest BCUT2D eigenvalue weighted by atomic mass is 10.2. The summed E-state index contributed by atoms with van der Waals surface area (Å²) in [6.45, 7) is 1.82. The van der Waals surface area contributed by atoms with Crippen LogP contribution in [0.5, 0.6) is 11.5 Å². The van der Waals surface area contributed by atoms with Crippen molar-refractivity contribution in [1.29, 1.82) is 0 Å². The summed E-state index contributed by atoms with van der Waals surface area (Å²) in [7, 11) is 1.68. The normalized spacial score (nSPS) is 10.5. The van der Waals surface area contributed by atoms with Crippen LogP contribution in [0.2, 0.25) is 5.02 Å². The molecule has 0 spiro atoms. The zero-order valence-corrected chi connectivity index (χ0v) is 15.2. The number of benzene rings is 2. The van der Waals surface area contributed by atoms with E-state index in [1.54, 1.807) is 37.5 Å². The molecule has 1 N–H and O–H groups in total. The number of rotatable bonds is 5. The fourth-order valence-electron chi connectivity index (χ4n) is 2.37. The van der Waals surface area contributed by atoms with E-state index in [1.807, 2.05) is 6.92 Å².